The van der Waals surface area contributed by atoms with Crippen LogP contribution in [0.5, 0.6) is 5.75 Å². The van der Waals surface area contributed by atoms with Crippen LogP contribution in [-0.4, -0.2) is 93.9 Å². The molecule has 11 heteroatoms. The summed E-state index contributed by atoms with van der Waals surface area (Å²) in [7, 11) is 3.19. The Hall–Kier alpha value is -2.21. The molecular formula is C22H33N5O4S2. The number of ether oxygens (including phenoxy) is 1. The van der Waals surface area contributed by atoms with E-state index in [9.17, 15) is 13.2 Å². The van der Waals surface area contributed by atoms with Gasteiger partial charge in [-0.3, -0.25) is 4.79 Å². The van der Waals surface area contributed by atoms with Gasteiger partial charge in [-0.15, -0.1) is 11.3 Å². The van der Waals surface area contributed by atoms with Crippen LogP contribution in [0.3, 0.4) is 0 Å². The van der Waals surface area contributed by atoms with Crippen molar-refractivity contribution in [3.8, 4) is 5.75 Å². The fraction of sp³-hybridized carbons (Fsp3) is 0.545. The van der Waals surface area contributed by atoms with Gasteiger partial charge >= 0.3 is 0 Å². The van der Waals surface area contributed by atoms with Crippen LogP contribution in [0.2, 0.25) is 0 Å². The van der Waals surface area contributed by atoms with Crippen LogP contribution >= 0.6 is 11.3 Å². The highest BCUT2D eigenvalue weighted by atomic mass is 32.2. The number of sulfonamides is 1. The number of hydrogen-bond acceptors (Lipinski definition) is 8. The summed E-state index contributed by atoms with van der Waals surface area (Å²) in [5.74, 6) is 0.356. The van der Waals surface area contributed by atoms with Crippen LogP contribution < -0.4 is 10.1 Å². The van der Waals surface area contributed by atoms with Crippen molar-refractivity contribution in [2.75, 3.05) is 59.7 Å². The van der Waals surface area contributed by atoms with Gasteiger partial charge in [-0.25, -0.2) is 13.4 Å². The van der Waals surface area contributed by atoms with E-state index in [-0.39, 0.29) is 23.9 Å². The molecule has 0 bridgehead atoms. The lowest BCUT2D eigenvalue weighted by Gasteiger charge is -2.21. The van der Waals surface area contributed by atoms with Crippen molar-refractivity contribution >= 4 is 32.4 Å². The van der Waals surface area contributed by atoms with Gasteiger partial charge in [-0.05, 0) is 57.1 Å². The first-order chi connectivity index (χ1) is 15.7. The van der Waals surface area contributed by atoms with Crippen molar-refractivity contribution in [3.63, 3.8) is 0 Å². The van der Waals surface area contributed by atoms with E-state index in [4.69, 9.17) is 4.74 Å². The lowest BCUT2D eigenvalue weighted by Crippen LogP contribution is -2.37. The number of carbonyl (C=O) groups is 1. The molecule has 1 atom stereocenters. The number of benzene rings is 1. The normalized spacial score (nSPS) is 16.8. The van der Waals surface area contributed by atoms with Gasteiger partial charge in [-0.1, -0.05) is 0 Å². The Morgan fingerprint density at radius 2 is 2.00 bits per heavy atom. The van der Waals surface area contributed by atoms with Crippen molar-refractivity contribution in [2.24, 2.45) is 0 Å². The lowest BCUT2D eigenvalue weighted by molar-refractivity contribution is 0.0786. The average molecular weight is 496 g/mol. The summed E-state index contributed by atoms with van der Waals surface area (Å²) in [6, 6.07) is 6.84. The fourth-order valence-electron chi connectivity index (χ4n) is 3.78. The van der Waals surface area contributed by atoms with Crippen molar-refractivity contribution in [2.45, 2.75) is 30.2 Å². The van der Waals surface area contributed by atoms with E-state index >= 15 is 0 Å². The Kier molecular flexibility index (Phi) is 8.69. The van der Waals surface area contributed by atoms with Gasteiger partial charge in [0.05, 0.1) is 12.0 Å². The number of hydrogen-bond donors (Lipinski definition) is 1. The van der Waals surface area contributed by atoms with Crippen LogP contribution in [0, 0.1) is 0 Å². The summed E-state index contributed by atoms with van der Waals surface area (Å²) in [6.07, 6.45) is 3.53. The number of likely N-dealkylation sites (tertiary alicyclic amines) is 1. The third-order valence-corrected chi connectivity index (χ3v) is 8.68. The first kappa shape index (κ1) is 25.4. The topological polar surface area (TPSA) is 95.1 Å². The van der Waals surface area contributed by atoms with Crippen molar-refractivity contribution in [3.05, 3.63) is 35.3 Å². The molecule has 1 aliphatic heterocycles. The maximum Gasteiger partial charge on any atom is 0.273 e. The van der Waals surface area contributed by atoms with Gasteiger partial charge in [-0.2, -0.15) is 4.31 Å². The summed E-state index contributed by atoms with van der Waals surface area (Å²) in [5.41, 5.74) is 0.364. The van der Waals surface area contributed by atoms with E-state index < -0.39 is 10.0 Å². The summed E-state index contributed by atoms with van der Waals surface area (Å²) < 4.78 is 31.8. The summed E-state index contributed by atoms with van der Waals surface area (Å²) in [6.45, 7) is 2.39. The molecule has 1 aromatic heterocycles. The second-order valence-electron chi connectivity index (χ2n) is 8.26. The molecule has 2 aromatic rings. The Balaban J connectivity index is 1.48. The molecule has 9 nitrogen and oxygen atoms in total. The molecule has 1 N–H and O–H groups in total. The van der Waals surface area contributed by atoms with Crippen molar-refractivity contribution in [1.29, 1.82) is 0 Å². The average Bonchev–Trinajstić information content (AvgIpc) is 3.45. The Bertz CT molecular complexity index is 1030. The highest BCUT2D eigenvalue weighted by Crippen LogP contribution is 2.21. The molecule has 2 heterocycles. The van der Waals surface area contributed by atoms with E-state index in [2.05, 4.69) is 22.2 Å². The fourth-order valence-corrected chi connectivity index (χ4v) is 5.65. The van der Waals surface area contributed by atoms with Gasteiger partial charge in [0.2, 0.25) is 10.0 Å². The summed E-state index contributed by atoms with van der Waals surface area (Å²) in [5, 5.41) is 5.78. The number of aromatic nitrogens is 1. The second kappa shape index (κ2) is 11.3. The number of nitrogens with zero attached hydrogens (tertiary/aromatic N) is 4. The van der Waals surface area contributed by atoms with Gasteiger partial charge < -0.3 is 19.9 Å². The van der Waals surface area contributed by atoms with Crippen molar-refractivity contribution in [1.82, 2.24) is 19.1 Å². The number of rotatable bonds is 11. The Morgan fingerprint density at radius 3 is 2.64 bits per heavy atom. The van der Waals surface area contributed by atoms with Crippen molar-refractivity contribution < 1.29 is 17.9 Å². The molecule has 0 radical (unpaired) electrons. The third kappa shape index (κ3) is 6.44. The minimum Gasteiger partial charge on any atom is -0.497 e. The molecule has 0 saturated carbocycles. The zero-order chi connectivity index (χ0) is 24.0. The quantitative estimate of drug-likeness (QED) is 0.512. The van der Waals surface area contributed by atoms with Crippen LogP contribution in [-0.2, 0) is 10.0 Å². The minimum absolute atomic E-state index is 0.167. The van der Waals surface area contributed by atoms with E-state index in [1.54, 1.807) is 24.6 Å². The maximum absolute atomic E-state index is 12.8. The van der Waals surface area contributed by atoms with Gasteiger partial charge in [0.1, 0.15) is 11.4 Å². The number of likely N-dealkylation sites (N-methyl/N-ethyl adjacent to an activating group) is 2. The first-order valence-electron chi connectivity index (χ1n) is 11.0. The zero-order valence-corrected chi connectivity index (χ0v) is 21.3. The number of thiazole rings is 1. The Morgan fingerprint density at radius 1 is 1.27 bits per heavy atom. The molecule has 1 amide bonds. The van der Waals surface area contributed by atoms with Gasteiger partial charge in [0.15, 0.2) is 5.13 Å². The molecule has 0 aliphatic carbocycles. The molecule has 0 spiro atoms. The van der Waals surface area contributed by atoms with Crippen LogP contribution in [0.15, 0.2) is 34.5 Å². The van der Waals surface area contributed by atoms with Gasteiger partial charge in [0.25, 0.3) is 5.91 Å². The second-order valence-corrected chi connectivity index (χ2v) is 11.2. The van der Waals surface area contributed by atoms with E-state index in [1.807, 2.05) is 0 Å². The number of anilines is 1. The zero-order valence-electron chi connectivity index (χ0n) is 19.7. The molecule has 1 aromatic carbocycles. The van der Waals surface area contributed by atoms with Crippen LogP contribution in [0.1, 0.15) is 29.8 Å². The predicted molar refractivity (Wildman–Crippen MR) is 131 cm³/mol. The minimum atomic E-state index is -3.65. The molecule has 33 heavy (non-hydrogen) atoms. The Labute approximate surface area is 200 Å². The van der Waals surface area contributed by atoms with Crippen LogP contribution in [0.4, 0.5) is 5.13 Å². The molecule has 3 rings (SSSR count). The van der Waals surface area contributed by atoms with E-state index in [0.717, 1.165) is 24.6 Å². The van der Waals surface area contributed by atoms with Crippen LogP contribution in [0.25, 0.3) is 0 Å². The number of methoxy groups -OCH3 is 1. The molecule has 1 fully saturated rings. The molecule has 1 unspecified atom stereocenters. The number of carbonyl (C=O) groups excluding carboxylic acids is 1. The standard InChI is InChI=1S/C22H33N5O4S2/c1-25-13-5-6-17(25)11-12-23-22-24-20(16-32-22)21(28)26(2)14-15-27(3)33(29,30)19-9-7-18(31-4)8-10-19/h7-10,16-17H,5-6,11-15H2,1-4H3,(H,23,24). The molecular weight excluding hydrogens is 462 g/mol. The molecule has 1 saturated heterocycles. The molecule has 1 aliphatic rings. The third-order valence-electron chi connectivity index (χ3n) is 6.01. The SMILES string of the molecule is COc1ccc(S(=O)(=O)N(C)CCN(C)C(=O)c2csc(NCCC3CCCN3C)n2)cc1. The van der Waals surface area contributed by atoms with E-state index in [1.165, 1.54) is 59.7 Å². The smallest absolute Gasteiger partial charge is 0.273 e. The van der Waals surface area contributed by atoms with E-state index in [0.29, 0.717) is 17.5 Å². The number of amides is 1. The lowest BCUT2D eigenvalue weighted by atomic mass is 10.1. The monoisotopic (exact) mass is 495 g/mol. The summed E-state index contributed by atoms with van der Waals surface area (Å²) >= 11 is 1.41. The predicted octanol–water partition coefficient (Wildman–Crippen LogP) is 2.44. The summed E-state index contributed by atoms with van der Waals surface area (Å²) in [4.78, 5) is 21.2. The van der Waals surface area contributed by atoms with Gasteiger partial charge in [0, 0.05) is 45.2 Å². The first-order valence-corrected chi connectivity index (χ1v) is 13.3. The number of nitrogens with one attached hydrogen (secondary N) is 1. The highest BCUT2D eigenvalue weighted by molar-refractivity contribution is 7.89. The highest BCUT2D eigenvalue weighted by Gasteiger charge is 2.23. The molecule has 182 valence electrons. The largest absolute Gasteiger partial charge is 0.497 e. The maximum atomic E-state index is 12.8.